The molecule has 86 valence electrons. The van der Waals surface area contributed by atoms with Crippen LogP contribution in [0.4, 0.5) is 5.69 Å². The first-order valence-corrected chi connectivity index (χ1v) is 5.32. The van der Waals surface area contributed by atoms with E-state index in [0.717, 1.165) is 12.1 Å². The van der Waals surface area contributed by atoms with Crippen LogP contribution in [0.2, 0.25) is 0 Å². The monoisotopic (exact) mass is 246 g/mol. The van der Waals surface area contributed by atoms with E-state index in [9.17, 15) is 23.3 Å². The van der Waals surface area contributed by atoms with Crippen LogP contribution in [0.1, 0.15) is 10.4 Å². The van der Waals surface area contributed by atoms with Gasteiger partial charge in [0.15, 0.2) is 0 Å². The number of nitrogens with two attached hydrogens (primary N) is 1. The normalized spacial score (nSPS) is 11.1. The fourth-order valence-corrected chi connectivity index (χ4v) is 1.55. The Bertz CT molecular complexity index is 564. The highest BCUT2D eigenvalue weighted by atomic mass is 32.2. The minimum absolute atomic E-state index is 0.510. The number of primary sulfonamides is 1. The highest BCUT2D eigenvalue weighted by Gasteiger charge is 2.22. The molecule has 0 amide bonds. The number of nitro groups is 1. The average molecular weight is 246 g/mol. The first kappa shape index (κ1) is 12.1. The van der Waals surface area contributed by atoms with Gasteiger partial charge >= 0.3 is 5.97 Å². The van der Waals surface area contributed by atoms with E-state index in [1.807, 2.05) is 0 Å². The van der Waals surface area contributed by atoms with E-state index in [1.54, 1.807) is 0 Å². The van der Waals surface area contributed by atoms with Gasteiger partial charge in [0, 0.05) is 6.07 Å². The Kier molecular flexibility index (Phi) is 2.92. The van der Waals surface area contributed by atoms with E-state index in [-0.39, 0.29) is 0 Å². The van der Waals surface area contributed by atoms with Crippen LogP contribution in [0.5, 0.6) is 0 Å². The molecular weight excluding hydrogens is 240 g/mol. The maximum atomic E-state index is 10.9. The van der Waals surface area contributed by atoms with Crippen LogP contribution in [0.3, 0.4) is 0 Å². The van der Waals surface area contributed by atoms with E-state index in [2.05, 4.69) is 0 Å². The fraction of sp³-hybridized carbons (Fsp3) is 0. The Labute approximate surface area is 89.5 Å². The summed E-state index contributed by atoms with van der Waals surface area (Å²) in [6, 6.07) is 2.32. The number of carboxylic acid groups (broad SMARTS) is 1. The Balaban J connectivity index is 3.52. The number of nitro benzene ring substituents is 1. The van der Waals surface area contributed by atoms with Gasteiger partial charge in [-0.1, -0.05) is 0 Å². The van der Waals surface area contributed by atoms with Crippen LogP contribution in [0.15, 0.2) is 23.1 Å². The number of aromatic carboxylic acids is 1. The van der Waals surface area contributed by atoms with Gasteiger partial charge in [0.1, 0.15) is 5.56 Å². The van der Waals surface area contributed by atoms with Gasteiger partial charge in [0.25, 0.3) is 5.69 Å². The molecule has 0 heterocycles. The first-order chi connectivity index (χ1) is 7.23. The smallest absolute Gasteiger partial charge is 0.342 e. The lowest BCUT2D eigenvalue weighted by Crippen LogP contribution is -2.13. The number of benzene rings is 1. The summed E-state index contributed by atoms with van der Waals surface area (Å²) < 4.78 is 21.8. The van der Waals surface area contributed by atoms with Crippen LogP contribution >= 0.6 is 0 Å². The molecule has 0 saturated heterocycles. The van der Waals surface area contributed by atoms with Crippen molar-refractivity contribution >= 4 is 21.7 Å². The molecular formula is C7H6N2O6S. The van der Waals surface area contributed by atoms with E-state index in [1.165, 1.54) is 0 Å². The number of sulfonamides is 1. The second-order valence-electron chi connectivity index (χ2n) is 2.79. The van der Waals surface area contributed by atoms with Crippen LogP contribution in [-0.4, -0.2) is 24.4 Å². The van der Waals surface area contributed by atoms with E-state index in [0.29, 0.717) is 6.07 Å². The quantitative estimate of drug-likeness (QED) is 0.565. The Morgan fingerprint density at radius 1 is 1.44 bits per heavy atom. The number of nitrogens with zero attached hydrogens (tertiary/aromatic N) is 1. The van der Waals surface area contributed by atoms with Crippen LogP contribution in [0.25, 0.3) is 0 Å². The van der Waals surface area contributed by atoms with E-state index in [4.69, 9.17) is 10.2 Å². The summed E-state index contributed by atoms with van der Waals surface area (Å²) in [7, 11) is -4.10. The summed E-state index contributed by atoms with van der Waals surface area (Å²) in [4.78, 5) is 19.6. The SMILES string of the molecule is NS(=O)(=O)c1ccc(C(=O)O)c([N+](=O)[O-])c1. The first-order valence-electron chi connectivity index (χ1n) is 3.78. The van der Waals surface area contributed by atoms with Crippen LogP contribution in [0, 0.1) is 10.1 Å². The number of rotatable bonds is 3. The average Bonchev–Trinajstić information content (AvgIpc) is 2.15. The van der Waals surface area contributed by atoms with Crippen molar-refractivity contribution in [1.29, 1.82) is 0 Å². The lowest BCUT2D eigenvalue weighted by Gasteiger charge is -2.00. The molecule has 9 heteroatoms. The van der Waals surface area contributed by atoms with Gasteiger partial charge in [-0.15, -0.1) is 0 Å². The van der Waals surface area contributed by atoms with Crippen molar-refractivity contribution in [2.24, 2.45) is 5.14 Å². The Hall–Kier alpha value is -2.00. The van der Waals surface area contributed by atoms with Crippen molar-refractivity contribution in [1.82, 2.24) is 0 Å². The highest BCUT2D eigenvalue weighted by Crippen LogP contribution is 2.22. The van der Waals surface area contributed by atoms with Gasteiger partial charge < -0.3 is 5.11 Å². The van der Waals surface area contributed by atoms with Gasteiger partial charge in [-0.2, -0.15) is 0 Å². The third kappa shape index (κ3) is 2.32. The maximum absolute atomic E-state index is 10.9. The second kappa shape index (κ2) is 3.87. The van der Waals surface area contributed by atoms with Gasteiger partial charge in [-0.05, 0) is 12.1 Å². The lowest BCUT2D eigenvalue weighted by molar-refractivity contribution is -0.385. The molecule has 0 aliphatic carbocycles. The maximum Gasteiger partial charge on any atom is 0.342 e. The number of hydrogen-bond acceptors (Lipinski definition) is 5. The Morgan fingerprint density at radius 2 is 2.00 bits per heavy atom. The van der Waals surface area contributed by atoms with Gasteiger partial charge in [-0.3, -0.25) is 10.1 Å². The molecule has 1 aromatic rings. The summed E-state index contributed by atoms with van der Waals surface area (Å²) in [5, 5.41) is 23.9. The van der Waals surface area contributed by atoms with Crippen molar-refractivity contribution in [3.8, 4) is 0 Å². The van der Waals surface area contributed by atoms with Crippen molar-refractivity contribution in [3.05, 3.63) is 33.9 Å². The lowest BCUT2D eigenvalue weighted by atomic mass is 10.2. The Morgan fingerprint density at radius 3 is 2.38 bits per heavy atom. The molecule has 1 rings (SSSR count). The van der Waals surface area contributed by atoms with Crippen molar-refractivity contribution in [2.45, 2.75) is 4.90 Å². The molecule has 0 spiro atoms. The molecule has 3 N–H and O–H groups in total. The predicted octanol–water partition coefficient (Wildman–Crippen LogP) is -0.0596. The molecule has 0 aromatic heterocycles. The van der Waals surface area contributed by atoms with Gasteiger partial charge in [-0.25, -0.2) is 18.4 Å². The fourth-order valence-electron chi connectivity index (χ4n) is 1.02. The second-order valence-corrected chi connectivity index (χ2v) is 4.35. The van der Waals surface area contributed by atoms with Crippen molar-refractivity contribution in [3.63, 3.8) is 0 Å². The third-order valence-corrected chi connectivity index (χ3v) is 2.64. The topological polar surface area (TPSA) is 141 Å². The zero-order valence-electron chi connectivity index (χ0n) is 7.65. The summed E-state index contributed by atoms with van der Waals surface area (Å²) in [5.74, 6) is -1.52. The molecule has 0 bridgehead atoms. The van der Waals surface area contributed by atoms with Gasteiger partial charge in [0.05, 0.1) is 9.82 Å². The van der Waals surface area contributed by atoms with Crippen molar-refractivity contribution < 1.29 is 23.2 Å². The number of carbonyl (C=O) groups is 1. The molecule has 0 fully saturated rings. The summed E-state index contributed by atoms with van der Waals surface area (Å²) in [6.45, 7) is 0. The van der Waals surface area contributed by atoms with Crippen molar-refractivity contribution in [2.75, 3.05) is 0 Å². The molecule has 0 unspecified atom stereocenters. The molecule has 0 saturated carbocycles. The highest BCUT2D eigenvalue weighted by molar-refractivity contribution is 7.89. The molecule has 0 aliphatic rings. The molecule has 0 aliphatic heterocycles. The summed E-state index contributed by atoms with van der Waals surface area (Å²) in [6.07, 6.45) is 0. The van der Waals surface area contributed by atoms with Crippen LogP contribution < -0.4 is 5.14 Å². The molecule has 8 nitrogen and oxygen atoms in total. The third-order valence-electron chi connectivity index (χ3n) is 1.72. The summed E-state index contributed by atoms with van der Waals surface area (Å²) >= 11 is 0. The molecule has 16 heavy (non-hydrogen) atoms. The molecule has 0 radical (unpaired) electrons. The van der Waals surface area contributed by atoms with E-state index < -0.39 is 37.1 Å². The number of carboxylic acids is 1. The van der Waals surface area contributed by atoms with E-state index >= 15 is 0 Å². The zero-order chi connectivity index (χ0) is 12.5. The summed E-state index contributed by atoms with van der Waals surface area (Å²) in [5.41, 5.74) is -1.42. The van der Waals surface area contributed by atoms with Gasteiger partial charge in [0.2, 0.25) is 10.0 Å². The molecule has 1 aromatic carbocycles. The molecule has 0 atom stereocenters. The largest absolute Gasteiger partial charge is 0.477 e. The minimum Gasteiger partial charge on any atom is -0.477 e. The van der Waals surface area contributed by atoms with Crippen LogP contribution in [-0.2, 0) is 10.0 Å². The predicted molar refractivity (Wildman–Crippen MR) is 51.4 cm³/mol. The number of hydrogen-bond donors (Lipinski definition) is 2. The minimum atomic E-state index is -4.10. The zero-order valence-corrected chi connectivity index (χ0v) is 8.47. The standard InChI is InChI=1S/C7H6N2O6S/c8-16(14,15)4-1-2-5(7(10)11)6(3-4)9(12)13/h1-3H,(H,10,11)(H2,8,14,15).